The summed E-state index contributed by atoms with van der Waals surface area (Å²) in [6, 6.07) is 5.03. The molecule has 1 aromatic carbocycles. The second-order valence-corrected chi connectivity index (χ2v) is 6.35. The van der Waals surface area contributed by atoms with Crippen molar-refractivity contribution in [3.05, 3.63) is 28.2 Å². The van der Waals surface area contributed by atoms with Crippen LogP contribution in [0.5, 0.6) is 0 Å². The van der Waals surface area contributed by atoms with E-state index in [-0.39, 0.29) is 31.3 Å². The number of hydrogen-bond acceptors (Lipinski definition) is 3. The summed E-state index contributed by atoms with van der Waals surface area (Å²) in [5.74, 6) is -0.325. The number of aryl methyl sites for hydroxylation is 1. The number of anilines is 1. The number of carbonyl (C=O) groups is 3. The second kappa shape index (κ2) is 10.7. The van der Waals surface area contributed by atoms with E-state index in [1.165, 1.54) is 0 Å². The largest absolute Gasteiger partial charge is 0.343 e. The fourth-order valence-corrected chi connectivity index (χ4v) is 2.68. The molecule has 0 spiro atoms. The van der Waals surface area contributed by atoms with E-state index in [0.717, 1.165) is 10.0 Å². The molecule has 0 radical (unpaired) electrons. The molecule has 0 aromatic heterocycles. The zero-order chi connectivity index (χ0) is 18.8. The molecule has 3 N–H and O–H groups in total. The zero-order valence-corrected chi connectivity index (χ0v) is 16.4. The highest BCUT2D eigenvalue weighted by atomic mass is 79.9. The summed E-state index contributed by atoms with van der Waals surface area (Å²) in [7, 11) is 0. The van der Waals surface area contributed by atoms with E-state index in [4.69, 9.17) is 0 Å². The zero-order valence-electron chi connectivity index (χ0n) is 14.8. The summed E-state index contributed by atoms with van der Waals surface area (Å²) >= 11 is 3.36. The Balaban J connectivity index is 2.29. The summed E-state index contributed by atoms with van der Waals surface area (Å²) in [4.78, 5) is 37.0. The minimum atomic E-state index is -0.477. The third kappa shape index (κ3) is 7.55. The van der Waals surface area contributed by atoms with Gasteiger partial charge in [0.05, 0.1) is 6.54 Å². The van der Waals surface area contributed by atoms with Gasteiger partial charge in [-0.2, -0.15) is 0 Å². The average Bonchev–Trinajstić information content (AvgIpc) is 2.56. The molecule has 0 unspecified atom stereocenters. The van der Waals surface area contributed by atoms with E-state index < -0.39 is 6.03 Å². The number of nitrogens with zero attached hydrogens (tertiary/aromatic N) is 1. The highest BCUT2D eigenvalue weighted by molar-refractivity contribution is 9.10. The number of nitrogens with one attached hydrogen (secondary N) is 3. The molecule has 0 aliphatic carbocycles. The number of benzene rings is 1. The molecule has 4 amide bonds. The fraction of sp³-hybridized carbons (Fsp3) is 0.471. The van der Waals surface area contributed by atoms with Crippen LogP contribution < -0.4 is 16.0 Å². The van der Waals surface area contributed by atoms with Crippen LogP contribution in [-0.2, 0) is 9.59 Å². The van der Waals surface area contributed by atoms with E-state index in [1.807, 2.05) is 32.9 Å². The monoisotopic (exact) mass is 412 g/mol. The van der Waals surface area contributed by atoms with Gasteiger partial charge in [-0.1, -0.05) is 15.9 Å². The summed E-state index contributed by atoms with van der Waals surface area (Å²) in [5, 5.41) is 7.77. The molecule has 0 saturated heterocycles. The molecule has 0 heterocycles. The van der Waals surface area contributed by atoms with Crippen molar-refractivity contribution < 1.29 is 14.4 Å². The molecule has 0 aliphatic heterocycles. The first-order valence-electron chi connectivity index (χ1n) is 8.22. The topological polar surface area (TPSA) is 90.5 Å². The van der Waals surface area contributed by atoms with Gasteiger partial charge >= 0.3 is 6.03 Å². The van der Waals surface area contributed by atoms with Gasteiger partial charge in [-0.15, -0.1) is 0 Å². The van der Waals surface area contributed by atoms with E-state index >= 15 is 0 Å². The Morgan fingerprint density at radius 1 is 1.12 bits per heavy atom. The normalized spacial score (nSPS) is 10.1. The minimum absolute atomic E-state index is 0.00578. The van der Waals surface area contributed by atoms with Gasteiger partial charge in [0, 0.05) is 36.2 Å². The predicted octanol–water partition coefficient (Wildman–Crippen LogP) is 2.25. The Morgan fingerprint density at radius 2 is 1.80 bits per heavy atom. The number of halogens is 1. The lowest BCUT2D eigenvalue weighted by atomic mass is 10.2. The number of hydrogen-bond donors (Lipinski definition) is 3. The van der Waals surface area contributed by atoms with Crippen LogP contribution in [0.1, 0.15) is 25.8 Å². The average molecular weight is 413 g/mol. The van der Waals surface area contributed by atoms with E-state index in [9.17, 15) is 14.4 Å². The third-order valence-electron chi connectivity index (χ3n) is 3.61. The highest BCUT2D eigenvalue weighted by Crippen LogP contribution is 2.19. The lowest BCUT2D eigenvalue weighted by molar-refractivity contribution is -0.130. The maximum Gasteiger partial charge on any atom is 0.315 e. The highest BCUT2D eigenvalue weighted by Gasteiger charge is 2.10. The van der Waals surface area contributed by atoms with Gasteiger partial charge < -0.3 is 20.9 Å². The second-order valence-electron chi connectivity index (χ2n) is 5.43. The Hall–Kier alpha value is -2.09. The molecule has 0 atom stereocenters. The Labute approximate surface area is 156 Å². The van der Waals surface area contributed by atoms with Crippen LogP contribution in [0.25, 0.3) is 0 Å². The number of urea groups is 1. The first-order chi connectivity index (χ1) is 11.9. The van der Waals surface area contributed by atoms with E-state index in [2.05, 4.69) is 31.9 Å². The van der Waals surface area contributed by atoms with Crippen LogP contribution in [0, 0.1) is 6.92 Å². The van der Waals surface area contributed by atoms with Crippen molar-refractivity contribution in [2.24, 2.45) is 0 Å². The molecule has 8 heteroatoms. The molecule has 1 rings (SSSR count). The summed E-state index contributed by atoms with van der Waals surface area (Å²) in [5.41, 5.74) is 1.61. The van der Waals surface area contributed by atoms with Crippen LogP contribution in [0.4, 0.5) is 10.5 Å². The van der Waals surface area contributed by atoms with Gasteiger partial charge in [0.15, 0.2) is 0 Å². The van der Waals surface area contributed by atoms with Crippen molar-refractivity contribution in [2.75, 3.05) is 31.5 Å². The van der Waals surface area contributed by atoms with Gasteiger partial charge in [-0.3, -0.25) is 9.59 Å². The van der Waals surface area contributed by atoms with Crippen molar-refractivity contribution in [1.82, 2.24) is 15.5 Å². The number of rotatable bonds is 8. The predicted molar refractivity (Wildman–Crippen MR) is 101 cm³/mol. The van der Waals surface area contributed by atoms with Gasteiger partial charge in [0.2, 0.25) is 11.8 Å². The maximum absolute atomic E-state index is 11.9. The van der Waals surface area contributed by atoms with Crippen molar-refractivity contribution in [1.29, 1.82) is 0 Å². The molecule has 0 fully saturated rings. The number of amides is 4. The molecule has 0 bridgehead atoms. The smallest absolute Gasteiger partial charge is 0.315 e. The van der Waals surface area contributed by atoms with Gasteiger partial charge in [-0.05, 0) is 44.5 Å². The van der Waals surface area contributed by atoms with Crippen molar-refractivity contribution in [3.63, 3.8) is 0 Å². The SMILES string of the molecule is CCN(CC)C(=O)CCNC(=O)NCC(=O)Nc1ccc(Br)cc1C. The van der Waals surface area contributed by atoms with Gasteiger partial charge in [0.1, 0.15) is 0 Å². The molecule has 138 valence electrons. The first kappa shape index (κ1) is 21.0. The third-order valence-corrected chi connectivity index (χ3v) is 4.11. The van der Waals surface area contributed by atoms with E-state index in [1.54, 1.807) is 11.0 Å². The van der Waals surface area contributed by atoms with Gasteiger partial charge in [-0.25, -0.2) is 4.79 Å². The first-order valence-corrected chi connectivity index (χ1v) is 9.02. The Morgan fingerprint density at radius 3 is 2.40 bits per heavy atom. The van der Waals surface area contributed by atoms with Crippen molar-refractivity contribution in [3.8, 4) is 0 Å². The van der Waals surface area contributed by atoms with Gasteiger partial charge in [0.25, 0.3) is 0 Å². The lowest BCUT2D eigenvalue weighted by Crippen LogP contribution is -2.41. The lowest BCUT2D eigenvalue weighted by Gasteiger charge is -2.18. The fourth-order valence-electron chi connectivity index (χ4n) is 2.20. The van der Waals surface area contributed by atoms with Crippen molar-refractivity contribution >= 4 is 39.5 Å². The van der Waals surface area contributed by atoms with Crippen LogP contribution in [0.3, 0.4) is 0 Å². The number of carbonyl (C=O) groups excluding carboxylic acids is 3. The van der Waals surface area contributed by atoms with Crippen LogP contribution in [0.15, 0.2) is 22.7 Å². The van der Waals surface area contributed by atoms with E-state index in [0.29, 0.717) is 18.8 Å². The quantitative estimate of drug-likeness (QED) is 0.611. The molecular formula is C17H25BrN4O3. The van der Waals surface area contributed by atoms with Crippen LogP contribution >= 0.6 is 15.9 Å². The van der Waals surface area contributed by atoms with Crippen molar-refractivity contribution in [2.45, 2.75) is 27.2 Å². The Kier molecular flexibility index (Phi) is 8.98. The van der Waals surface area contributed by atoms with Crippen LogP contribution in [0.2, 0.25) is 0 Å². The summed E-state index contributed by atoms with van der Waals surface area (Å²) in [6.45, 7) is 7.09. The molecule has 7 nitrogen and oxygen atoms in total. The minimum Gasteiger partial charge on any atom is -0.343 e. The summed E-state index contributed by atoms with van der Waals surface area (Å²) < 4.78 is 0.930. The molecule has 1 aromatic rings. The standard InChI is InChI=1S/C17H25BrN4O3/c1-4-22(5-2)16(24)8-9-19-17(25)20-11-15(23)21-14-7-6-13(18)10-12(14)3/h6-7,10H,4-5,8-9,11H2,1-3H3,(H,21,23)(H2,19,20,25). The molecule has 0 aliphatic rings. The maximum atomic E-state index is 11.9. The molecule has 0 saturated carbocycles. The van der Waals surface area contributed by atoms with Crippen LogP contribution in [-0.4, -0.2) is 48.9 Å². The summed E-state index contributed by atoms with van der Waals surface area (Å²) in [6.07, 6.45) is 0.236. The molecule has 25 heavy (non-hydrogen) atoms. The Bertz CT molecular complexity index is 618. The molecular weight excluding hydrogens is 388 g/mol.